The summed E-state index contributed by atoms with van der Waals surface area (Å²) in [5.74, 6) is -6.14. The second-order valence-electron chi connectivity index (χ2n) is 28.9. The molecule has 0 aromatic heterocycles. The van der Waals surface area contributed by atoms with E-state index in [4.69, 9.17) is 28.4 Å². The molecule has 3 rings (SSSR count). The smallest absolute Gasteiger partial charge is 0.364 e. The zero-order valence-corrected chi connectivity index (χ0v) is 61.8. The number of unbranched alkanes of at least 4 members (excludes halogenated alkanes) is 40. The van der Waals surface area contributed by atoms with E-state index in [2.05, 4.69) is 36.6 Å². The molecule has 3 saturated heterocycles. The number of carboxylic acid groups (broad SMARTS) is 1. The molecule has 3 heterocycles. The maximum absolute atomic E-state index is 13.5. The van der Waals surface area contributed by atoms with Crippen LogP contribution in [0.2, 0.25) is 0 Å². The number of carboxylic acids is 1. The highest BCUT2D eigenvalue weighted by Gasteiger charge is 2.60. The van der Waals surface area contributed by atoms with E-state index in [1.165, 1.54) is 218 Å². The van der Waals surface area contributed by atoms with Gasteiger partial charge in [-0.25, -0.2) is 4.79 Å². The number of aliphatic hydroxyl groups excluding tert-OH is 11. The van der Waals surface area contributed by atoms with Crippen LogP contribution in [-0.2, 0) is 42.8 Å². The van der Waals surface area contributed by atoms with Crippen LogP contribution in [0.5, 0.6) is 0 Å². The minimum Gasteiger partial charge on any atom is -0.477 e. The van der Waals surface area contributed by atoms with Gasteiger partial charge in [-0.05, 0) is 44.9 Å². The van der Waals surface area contributed by atoms with E-state index in [9.17, 15) is 75.7 Å². The van der Waals surface area contributed by atoms with E-state index in [1.54, 1.807) is 6.08 Å². The van der Waals surface area contributed by atoms with Gasteiger partial charge in [0.15, 0.2) is 12.6 Å². The summed E-state index contributed by atoms with van der Waals surface area (Å²) in [6.07, 6.45) is 32.2. The maximum atomic E-state index is 13.5. The molecule has 3 aliphatic heterocycles. The SMILES string of the molecule is CCCCCCCCCCCCCC/C=C\CCCCCCCCCCCCCCC(=O)NC(COC1OC(CO)C(OC2OC(CO)C(O)C(OC3(C(=O)O)CC(O)C(NC(C)=O)C(C(O)C(O)CO)O3)C2O)C(O)C1O)C(O)/C=C/CCCCCCCCCCCCCCCCCC. The zero-order chi connectivity index (χ0) is 73.2. The number of carbonyl (C=O) groups is 3. The van der Waals surface area contributed by atoms with Gasteiger partial charge in [-0.2, -0.15) is 0 Å². The number of aliphatic carboxylic acids is 1. The van der Waals surface area contributed by atoms with Gasteiger partial charge in [0.2, 0.25) is 11.8 Å². The Bertz CT molecular complexity index is 2100. The molecular weight excluding hydrogens is 1290 g/mol. The summed E-state index contributed by atoms with van der Waals surface area (Å²) in [6.45, 7) is 2.18. The number of carbonyl (C=O) groups excluding carboxylic acids is 2. The van der Waals surface area contributed by atoms with Gasteiger partial charge < -0.3 is 100 Å². The highest BCUT2D eigenvalue weighted by molar-refractivity contribution is 5.77. The van der Waals surface area contributed by atoms with Gasteiger partial charge in [-0.1, -0.05) is 269 Å². The van der Waals surface area contributed by atoms with Gasteiger partial charge in [-0.3, -0.25) is 9.59 Å². The number of ether oxygens (including phenoxy) is 6. The fourth-order valence-corrected chi connectivity index (χ4v) is 13.8. The highest BCUT2D eigenvalue weighted by Crippen LogP contribution is 2.39. The molecular formula is C77H142N2O21. The second-order valence-corrected chi connectivity index (χ2v) is 28.9. The average Bonchev–Trinajstić information content (AvgIpc) is 0.743. The predicted molar refractivity (Wildman–Crippen MR) is 385 cm³/mol. The third kappa shape index (κ3) is 37.0. The molecule has 3 aliphatic rings. The van der Waals surface area contributed by atoms with Crippen LogP contribution in [0, 0.1) is 0 Å². The Labute approximate surface area is 600 Å². The highest BCUT2D eigenvalue weighted by atomic mass is 16.8. The Morgan fingerprint density at radius 3 is 1.36 bits per heavy atom. The van der Waals surface area contributed by atoms with Crippen molar-refractivity contribution in [3.05, 3.63) is 24.3 Å². The monoisotopic (exact) mass is 1430 g/mol. The Balaban J connectivity index is 1.52. The molecule has 2 amide bonds. The van der Waals surface area contributed by atoms with E-state index >= 15 is 0 Å². The van der Waals surface area contributed by atoms with Crippen LogP contribution >= 0.6 is 0 Å². The Morgan fingerprint density at radius 1 is 0.520 bits per heavy atom. The minimum atomic E-state index is -3.08. The molecule has 18 atom stereocenters. The van der Waals surface area contributed by atoms with Gasteiger partial charge in [-0.15, -0.1) is 0 Å². The molecule has 23 heteroatoms. The van der Waals surface area contributed by atoms with Crippen molar-refractivity contribution < 1.29 is 104 Å². The first-order chi connectivity index (χ1) is 48.4. The van der Waals surface area contributed by atoms with E-state index < -0.39 is 155 Å². The summed E-state index contributed by atoms with van der Waals surface area (Å²) in [5.41, 5.74) is 0. The van der Waals surface area contributed by atoms with Crippen LogP contribution in [0.1, 0.15) is 310 Å². The molecule has 0 radical (unpaired) electrons. The van der Waals surface area contributed by atoms with Gasteiger partial charge in [0.25, 0.3) is 5.79 Å². The van der Waals surface area contributed by atoms with Crippen molar-refractivity contribution in [2.45, 2.75) is 420 Å². The second kappa shape index (κ2) is 56.5. The standard InChI is InChI=1S/C77H142N2O21/c1-4-6-8-10-12-14-16-18-20-22-24-25-26-27-28-29-30-31-32-33-35-37-39-41-43-45-47-49-51-64(87)79-58(59(84)50-48-46-44-42-40-38-36-34-23-21-19-17-15-13-11-9-7-5-2)56-95-74-69(91)68(90)71(63(55-82)97-74)98-75-70(92)73(67(89)62(54-81)96-75)100-77(76(93)94)52-60(85)65(78-57(3)83)72(99-77)66(88)61(86)53-80/h27-28,48,50,58-63,65-75,80-82,84-86,88-92H,4-26,29-47,49,51-56H2,1-3H3,(H,78,83)(H,79,87)(H,93,94)/b28-27-,50-48+. The predicted octanol–water partition coefficient (Wildman–Crippen LogP) is 9.96. The fourth-order valence-electron chi connectivity index (χ4n) is 13.8. The molecule has 0 aliphatic carbocycles. The Morgan fingerprint density at radius 2 is 0.940 bits per heavy atom. The van der Waals surface area contributed by atoms with Crippen molar-refractivity contribution in [2.24, 2.45) is 0 Å². The molecule has 0 spiro atoms. The van der Waals surface area contributed by atoms with Crippen LogP contribution in [0.4, 0.5) is 0 Å². The normalized spacial score (nSPS) is 27.0. The molecule has 23 nitrogen and oxygen atoms in total. The molecule has 0 aromatic rings. The van der Waals surface area contributed by atoms with Crippen molar-refractivity contribution in [3.63, 3.8) is 0 Å². The lowest BCUT2D eigenvalue weighted by atomic mass is 9.88. The fraction of sp³-hybridized carbons (Fsp3) is 0.909. The number of amides is 2. The van der Waals surface area contributed by atoms with E-state index in [-0.39, 0.29) is 12.3 Å². The quantitative estimate of drug-likeness (QED) is 0.0199. The van der Waals surface area contributed by atoms with Crippen LogP contribution in [-0.4, -0.2) is 215 Å². The van der Waals surface area contributed by atoms with Crippen molar-refractivity contribution in [3.8, 4) is 0 Å². The summed E-state index contributed by atoms with van der Waals surface area (Å²) in [7, 11) is 0. The van der Waals surface area contributed by atoms with Crippen LogP contribution in [0.25, 0.3) is 0 Å². The van der Waals surface area contributed by atoms with E-state index in [0.29, 0.717) is 12.8 Å². The van der Waals surface area contributed by atoms with Crippen LogP contribution in [0.3, 0.4) is 0 Å². The number of hydrogen-bond donors (Lipinski definition) is 14. The Kier molecular flexibility index (Phi) is 51.7. The topological polar surface area (TPSA) is 373 Å². The molecule has 0 aromatic carbocycles. The van der Waals surface area contributed by atoms with Crippen LogP contribution in [0.15, 0.2) is 24.3 Å². The first kappa shape index (κ1) is 91.4. The van der Waals surface area contributed by atoms with Gasteiger partial charge in [0.05, 0.1) is 50.7 Å². The van der Waals surface area contributed by atoms with Crippen molar-refractivity contribution in [1.82, 2.24) is 10.6 Å². The molecule has 100 heavy (non-hydrogen) atoms. The minimum absolute atomic E-state index is 0.202. The molecule has 14 N–H and O–H groups in total. The maximum Gasteiger partial charge on any atom is 0.364 e. The zero-order valence-electron chi connectivity index (χ0n) is 61.8. The van der Waals surface area contributed by atoms with Crippen LogP contribution < -0.4 is 10.6 Å². The van der Waals surface area contributed by atoms with Crippen molar-refractivity contribution in [2.75, 3.05) is 26.4 Å². The third-order valence-electron chi connectivity index (χ3n) is 20.1. The van der Waals surface area contributed by atoms with Crippen molar-refractivity contribution >= 4 is 17.8 Å². The lowest BCUT2D eigenvalue weighted by Crippen LogP contribution is -2.70. The van der Waals surface area contributed by atoms with Gasteiger partial charge >= 0.3 is 5.97 Å². The number of hydrogen-bond acceptors (Lipinski definition) is 20. The lowest BCUT2D eigenvalue weighted by molar-refractivity contribution is -0.386. The summed E-state index contributed by atoms with van der Waals surface area (Å²) < 4.78 is 34.9. The van der Waals surface area contributed by atoms with E-state index in [1.807, 2.05) is 6.08 Å². The lowest BCUT2D eigenvalue weighted by Gasteiger charge is -2.50. The van der Waals surface area contributed by atoms with Crippen molar-refractivity contribution in [1.29, 1.82) is 0 Å². The first-order valence-corrected chi connectivity index (χ1v) is 39.7. The van der Waals surface area contributed by atoms with E-state index in [0.717, 1.165) is 51.9 Å². The number of allylic oxidation sites excluding steroid dienone is 3. The average molecular weight is 1430 g/mol. The molecule has 18 unspecified atom stereocenters. The summed E-state index contributed by atoms with van der Waals surface area (Å²) in [5, 5.41) is 136. The largest absolute Gasteiger partial charge is 0.477 e. The summed E-state index contributed by atoms with van der Waals surface area (Å²) >= 11 is 0. The molecule has 0 bridgehead atoms. The third-order valence-corrected chi connectivity index (χ3v) is 20.1. The summed E-state index contributed by atoms with van der Waals surface area (Å²) in [4.78, 5) is 38.7. The van der Waals surface area contributed by atoms with Gasteiger partial charge in [0, 0.05) is 19.8 Å². The number of aliphatic hydroxyl groups is 11. The molecule has 586 valence electrons. The summed E-state index contributed by atoms with van der Waals surface area (Å²) in [6, 6.07) is -2.62. The number of rotatable bonds is 62. The molecule has 3 fully saturated rings. The number of nitrogens with one attached hydrogen (secondary N) is 2. The Hall–Kier alpha value is -2.79. The molecule has 0 saturated carbocycles. The first-order valence-electron chi connectivity index (χ1n) is 39.7. The van der Waals surface area contributed by atoms with Gasteiger partial charge in [0.1, 0.15) is 67.1 Å².